The SMILES string of the molecule is COCCNCc1nnnn1C(C)(C)COC. The monoisotopic (exact) mass is 243 g/mol. The first-order valence-electron chi connectivity index (χ1n) is 5.58. The molecule has 0 fully saturated rings. The first-order valence-corrected chi connectivity index (χ1v) is 5.58. The van der Waals surface area contributed by atoms with E-state index in [0.717, 1.165) is 12.4 Å². The highest BCUT2D eigenvalue weighted by Crippen LogP contribution is 2.14. The highest BCUT2D eigenvalue weighted by molar-refractivity contribution is 4.88. The molecule has 0 amide bonds. The zero-order valence-corrected chi connectivity index (χ0v) is 10.9. The average Bonchev–Trinajstić information content (AvgIpc) is 2.73. The van der Waals surface area contributed by atoms with E-state index >= 15 is 0 Å². The Kier molecular flexibility index (Phi) is 5.46. The van der Waals surface area contributed by atoms with Gasteiger partial charge in [-0.05, 0) is 24.3 Å². The summed E-state index contributed by atoms with van der Waals surface area (Å²) in [4.78, 5) is 0. The number of methoxy groups -OCH3 is 2. The van der Waals surface area contributed by atoms with E-state index in [0.29, 0.717) is 19.8 Å². The standard InChI is InChI=1S/C10H21N5O2/c1-10(2,8-17-4)15-9(12-13-14-15)7-11-5-6-16-3/h11H,5-8H2,1-4H3. The molecule has 98 valence electrons. The van der Waals surface area contributed by atoms with Gasteiger partial charge in [0.05, 0.1) is 25.3 Å². The summed E-state index contributed by atoms with van der Waals surface area (Å²) >= 11 is 0. The van der Waals surface area contributed by atoms with Crippen molar-refractivity contribution < 1.29 is 9.47 Å². The topological polar surface area (TPSA) is 74.1 Å². The molecule has 0 bridgehead atoms. The summed E-state index contributed by atoms with van der Waals surface area (Å²) in [5, 5.41) is 14.9. The van der Waals surface area contributed by atoms with Crippen LogP contribution in [0.3, 0.4) is 0 Å². The van der Waals surface area contributed by atoms with Crippen molar-refractivity contribution in [2.75, 3.05) is 34.0 Å². The average molecular weight is 243 g/mol. The fourth-order valence-corrected chi connectivity index (χ4v) is 1.58. The second-order valence-corrected chi connectivity index (χ2v) is 4.42. The Morgan fingerprint density at radius 1 is 1.29 bits per heavy atom. The van der Waals surface area contributed by atoms with Gasteiger partial charge in [0.1, 0.15) is 0 Å². The van der Waals surface area contributed by atoms with Crippen LogP contribution < -0.4 is 5.32 Å². The summed E-state index contributed by atoms with van der Waals surface area (Å²) in [6, 6.07) is 0. The van der Waals surface area contributed by atoms with Gasteiger partial charge in [-0.25, -0.2) is 4.68 Å². The number of nitrogens with zero attached hydrogens (tertiary/aromatic N) is 4. The summed E-state index contributed by atoms with van der Waals surface area (Å²) in [5.74, 6) is 0.795. The van der Waals surface area contributed by atoms with E-state index in [1.165, 1.54) is 0 Å². The predicted molar refractivity (Wildman–Crippen MR) is 62.6 cm³/mol. The van der Waals surface area contributed by atoms with Gasteiger partial charge >= 0.3 is 0 Å². The maximum absolute atomic E-state index is 5.17. The number of nitrogens with one attached hydrogen (secondary N) is 1. The lowest BCUT2D eigenvalue weighted by Gasteiger charge is -2.24. The first kappa shape index (κ1) is 14.0. The second kappa shape index (κ2) is 6.63. The van der Waals surface area contributed by atoms with E-state index < -0.39 is 0 Å². The van der Waals surface area contributed by atoms with Crippen molar-refractivity contribution in [1.29, 1.82) is 0 Å². The number of aromatic nitrogens is 4. The normalized spacial score (nSPS) is 12.0. The molecule has 0 aromatic carbocycles. The van der Waals surface area contributed by atoms with Crippen LogP contribution >= 0.6 is 0 Å². The second-order valence-electron chi connectivity index (χ2n) is 4.42. The highest BCUT2D eigenvalue weighted by atomic mass is 16.5. The molecule has 0 atom stereocenters. The van der Waals surface area contributed by atoms with E-state index in [1.54, 1.807) is 18.9 Å². The Balaban J connectivity index is 2.59. The van der Waals surface area contributed by atoms with Crippen molar-refractivity contribution in [2.45, 2.75) is 25.9 Å². The Morgan fingerprint density at radius 2 is 2.06 bits per heavy atom. The number of tetrazole rings is 1. The third-order valence-electron chi connectivity index (χ3n) is 2.37. The lowest BCUT2D eigenvalue weighted by Crippen LogP contribution is -2.35. The smallest absolute Gasteiger partial charge is 0.165 e. The van der Waals surface area contributed by atoms with Gasteiger partial charge in [-0.2, -0.15) is 0 Å². The summed E-state index contributed by atoms with van der Waals surface area (Å²) in [5.41, 5.74) is -0.253. The minimum Gasteiger partial charge on any atom is -0.383 e. The van der Waals surface area contributed by atoms with Crippen LogP contribution in [0.2, 0.25) is 0 Å². The van der Waals surface area contributed by atoms with Crippen molar-refractivity contribution in [2.24, 2.45) is 0 Å². The Bertz CT molecular complexity index is 326. The third kappa shape index (κ3) is 4.03. The summed E-state index contributed by atoms with van der Waals surface area (Å²) in [7, 11) is 3.34. The minimum absolute atomic E-state index is 0.253. The van der Waals surface area contributed by atoms with Crippen molar-refractivity contribution in [1.82, 2.24) is 25.5 Å². The van der Waals surface area contributed by atoms with Gasteiger partial charge in [-0.3, -0.25) is 0 Å². The summed E-state index contributed by atoms with van der Waals surface area (Å²) < 4.78 is 11.9. The number of rotatable bonds is 8. The molecule has 1 heterocycles. The first-order chi connectivity index (χ1) is 8.11. The lowest BCUT2D eigenvalue weighted by atomic mass is 10.1. The van der Waals surface area contributed by atoms with Gasteiger partial charge in [-0.1, -0.05) is 0 Å². The molecule has 0 aliphatic carbocycles. The van der Waals surface area contributed by atoms with Crippen LogP contribution in [0.25, 0.3) is 0 Å². The molecule has 0 saturated carbocycles. The molecule has 7 nitrogen and oxygen atoms in total. The maximum atomic E-state index is 5.17. The van der Waals surface area contributed by atoms with E-state index in [1.807, 2.05) is 13.8 Å². The van der Waals surface area contributed by atoms with Crippen LogP contribution in [0.4, 0.5) is 0 Å². The predicted octanol–water partition coefficient (Wildman–Crippen LogP) is -0.209. The molecule has 1 aromatic heterocycles. The molecule has 0 unspecified atom stereocenters. The van der Waals surface area contributed by atoms with E-state index in [2.05, 4.69) is 20.8 Å². The van der Waals surface area contributed by atoms with Crippen LogP contribution in [-0.2, 0) is 21.6 Å². The van der Waals surface area contributed by atoms with Gasteiger partial charge in [0.25, 0.3) is 0 Å². The summed E-state index contributed by atoms with van der Waals surface area (Å²) in [6.45, 7) is 6.68. The Labute approximate surface area is 101 Å². The van der Waals surface area contributed by atoms with Gasteiger partial charge in [0.15, 0.2) is 5.82 Å². The molecular formula is C10H21N5O2. The van der Waals surface area contributed by atoms with Crippen molar-refractivity contribution >= 4 is 0 Å². The molecule has 1 rings (SSSR count). The molecule has 0 aliphatic heterocycles. The maximum Gasteiger partial charge on any atom is 0.165 e. The lowest BCUT2D eigenvalue weighted by molar-refractivity contribution is 0.0974. The van der Waals surface area contributed by atoms with Crippen molar-refractivity contribution in [3.8, 4) is 0 Å². The number of hydrogen-bond acceptors (Lipinski definition) is 6. The van der Waals surface area contributed by atoms with Crippen LogP contribution in [0, 0.1) is 0 Å². The number of hydrogen-bond donors (Lipinski definition) is 1. The molecule has 0 aliphatic rings. The molecule has 17 heavy (non-hydrogen) atoms. The number of ether oxygens (including phenoxy) is 2. The molecule has 0 spiro atoms. The van der Waals surface area contributed by atoms with Gasteiger partial charge in [-0.15, -0.1) is 5.10 Å². The van der Waals surface area contributed by atoms with E-state index in [9.17, 15) is 0 Å². The van der Waals surface area contributed by atoms with E-state index in [-0.39, 0.29) is 5.54 Å². The largest absolute Gasteiger partial charge is 0.383 e. The van der Waals surface area contributed by atoms with Crippen molar-refractivity contribution in [3.63, 3.8) is 0 Å². The molecule has 0 saturated heterocycles. The minimum atomic E-state index is -0.253. The summed E-state index contributed by atoms with van der Waals surface area (Å²) in [6.07, 6.45) is 0. The molecular weight excluding hydrogens is 222 g/mol. The molecule has 1 aromatic rings. The Hall–Kier alpha value is -1.05. The Morgan fingerprint density at radius 3 is 2.71 bits per heavy atom. The van der Waals surface area contributed by atoms with Gasteiger partial charge < -0.3 is 14.8 Å². The zero-order valence-electron chi connectivity index (χ0n) is 10.9. The van der Waals surface area contributed by atoms with Crippen molar-refractivity contribution in [3.05, 3.63) is 5.82 Å². The van der Waals surface area contributed by atoms with Crippen LogP contribution in [-0.4, -0.2) is 54.2 Å². The third-order valence-corrected chi connectivity index (χ3v) is 2.37. The quantitative estimate of drug-likeness (QED) is 0.637. The molecule has 0 radical (unpaired) electrons. The van der Waals surface area contributed by atoms with E-state index in [4.69, 9.17) is 9.47 Å². The zero-order chi connectivity index (χ0) is 12.7. The van der Waals surface area contributed by atoms with Crippen LogP contribution in [0.15, 0.2) is 0 Å². The highest BCUT2D eigenvalue weighted by Gasteiger charge is 2.24. The molecule has 7 heteroatoms. The van der Waals surface area contributed by atoms with Crippen LogP contribution in [0.5, 0.6) is 0 Å². The fourth-order valence-electron chi connectivity index (χ4n) is 1.58. The van der Waals surface area contributed by atoms with Gasteiger partial charge in [0, 0.05) is 20.8 Å². The fraction of sp³-hybridized carbons (Fsp3) is 0.900. The van der Waals surface area contributed by atoms with Crippen LogP contribution in [0.1, 0.15) is 19.7 Å². The molecule has 1 N–H and O–H groups in total. The van der Waals surface area contributed by atoms with Gasteiger partial charge in [0.2, 0.25) is 0 Å².